The number of nitrogens with zero attached hydrogens (tertiary/aromatic N) is 3. The van der Waals surface area contributed by atoms with Gasteiger partial charge in [0.2, 0.25) is 0 Å². The standard InChI is InChI=1S/C17H13N3/c1-20-9-8-15-16(11-20)19-17(18-15)14-7-6-12-4-2-3-5-13(12)10-14/h2-11H,1H3. The molecule has 96 valence electrons. The van der Waals surface area contributed by atoms with Crippen molar-refractivity contribution in [3.8, 4) is 22.8 Å². The molecular weight excluding hydrogens is 246 g/mol. The Bertz CT molecular complexity index is 876. The molecule has 0 saturated carbocycles. The Balaban J connectivity index is 1.90. The summed E-state index contributed by atoms with van der Waals surface area (Å²) in [6.07, 6.45) is 3.98. The van der Waals surface area contributed by atoms with E-state index >= 15 is 0 Å². The van der Waals surface area contributed by atoms with Crippen LogP contribution in [0.5, 0.6) is 0 Å². The van der Waals surface area contributed by atoms with Crippen molar-refractivity contribution < 1.29 is 0 Å². The van der Waals surface area contributed by atoms with Gasteiger partial charge in [0.1, 0.15) is 5.69 Å². The second kappa shape index (κ2) is 4.17. The molecule has 0 bridgehead atoms. The minimum Gasteiger partial charge on any atom is -0.355 e. The van der Waals surface area contributed by atoms with Crippen molar-refractivity contribution in [2.75, 3.05) is 0 Å². The lowest BCUT2D eigenvalue weighted by atomic mass is 10.1. The van der Waals surface area contributed by atoms with Gasteiger partial charge in [0.05, 0.1) is 5.69 Å². The molecule has 2 aliphatic heterocycles. The van der Waals surface area contributed by atoms with Gasteiger partial charge < -0.3 is 4.57 Å². The van der Waals surface area contributed by atoms with E-state index < -0.39 is 0 Å². The average Bonchev–Trinajstić information content (AvgIpc) is 2.89. The second-order valence-corrected chi connectivity index (χ2v) is 4.99. The Morgan fingerprint density at radius 2 is 1.65 bits per heavy atom. The van der Waals surface area contributed by atoms with Crippen LogP contribution in [-0.4, -0.2) is 14.5 Å². The van der Waals surface area contributed by atoms with Crippen molar-refractivity contribution >= 4 is 10.8 Å². The highest BCUT2D eigenvalue weighted by atomic mass is 15.0. The predicted octanol–water partition coefficient (Wildman–Crippen LogP) is 3.74. The van der Waals surface area contributed by atoms with Crippen molar-refractivity contribution in [1.29, 1.82) is 0 Å². The second-order valence-electron chi connectivity index (χ2n) is 4.99. The average molecular weight is 259 g/mol. The van der Waals surface area contributed by atoms with Crippen LogP contribution < -0.4 is 0 Å². The van der Waals surface area contributed by atoms with Gasteiger partial charge in [-0.2, -0.15) is 0 Å². The normalized spacial score (nSPS) is 11.2. The number of benzene rings is 2. The molecule has 2 aromatic rings. The van der Waals surface area contributed by atoms with Crippen LogP contribution in [0.15, 0.2) is 60.9 Å². The fourth-order valence-corrected chi connectivity index (χ4v) is 2.47. The van der Waals surface area contributed by atoms with E-state index in [1.165, 1.54) is 10.8 Å². The third-order valence-electron chi connectivity index (χ3n) is 3.52. The molecule has 0 aromatic heterocycles. The molecular formula is C17H13N3. The molecule has 4 rings (SSSR count). The maximum Gasteiger partial charge on any atom is 0.160 e. The molecule has 2 aliphatic rings. The fourth-order valence-electron chi connectivity index (χ4n) is 2.47. The van der Waals surface area contributed by atoms with E-state index in [0.29, 0.717) is 0 Å². The summed E-state index contributed by atoms with van der Waals surface area (Å²) in [7, 11) is 1.99. The van der Waals surface area contributed by atoms with E-state index in [2.05, 4.69) is 52.4 Å². The van der Waals surface area contributed by atoms with Gasteiger partial charge in [-0.1, -0.05) is 36.4 Å². The smallest absolute Gasteiger partial charge is 0.160 e. The van der Waals surface area contributed by atoms with Crippen molar-refractivity contribution in [1.82, 2.24) is 14.5 Å². The largest absolute Gasteiger partial charge is 0.355 e. The van der Waals surface area contributed by atoms with Crippen LogP contribution in [0, 0.1) is 0 Å². The summed E-state index contributed by atoms with van der Waals surface area (Å²) in [5.74, 6) is 0.789. The van der Waals surface area contributed by atoms with E-state index in [9.17, 15) is 0 Å². The molecule has 3 heteroatoms. The number of pyridine rings is 1. The molecule has 0 fully saturated rings. The molecule has 3 nitrogen and oxygen atoms in total. The van der Waals surface area contributed by atoms with Crippen LogP contribution in [0.2, 0.25) is 0 Å². The summed E-state index contributed by atoms with van der Waals surface area (Å²) in [6, 6.07) is 16.7. The lowest BCUT2D eigenvalue weighted by molar-refractivity contribution is 0.901. The molecule has 20 heavy (non-hydrogen) atoms. The van der Waals surface area contributed by atoms with Gasteiger partial charge >= 0.3 is 0 Å². The molecule has 0 amide bonds. The number of fused-ring (bicyclic) bond motifs is 2. The van der Waals surface area contributed by atoms with E-state index in [1.807, 2.05) is 30.1 Å². The summed E-state index contributed by atoms with van der Waals surface area (Å²) >= 11 is 0. The highest BCUT2D eigenvalue weighted by molar-refractivity contribution is 5.86. The first-order chi connectivity index (χ1) is 9.79. The molecule has 0 radical (unpaired) electrons. The monoisotopic (exact) mass is 259 g/mol. The van der Waals surface area contributed by atoms with Gasteiger partial charge in [-0.3, -0.25) is 0 Å². The van der Waals surface area contributed by atoms with Gasteiger partial charge in [-0.15, -0.1) is 0 Å². The molecule has 0 aliphatic carbocycles. The van der Waals surface area contributed by atoms with E-state index in [1.54, 1.807) is 0 Å². The van der Waals surface area contributed by atoms with Crippen LogP contribution >= 0.6 is 0 Å². The maximum atomic E-state index is 4.62. The first-order valence-corrected chi connectivity index (χ1v) is 6.58. The summed E-state index contributed by atoms with van der Waals surface area (Å²) in [5.41, 5.74) is 2.92. The zero-order valence-electron chi connectivity index (χ0n) is 11.1. The van der Waals surface area contributed by atoms with Crippen molar-refractivity contribution in [3.05, 3.63) is 60.9 Å². The summed E-state index contributed by atoms with van der Waals surface area (Å²) in [6.45, 7) is 0. The summed E-state index contributed by atoms with van der Waals surface area (Å²) < 4.78 is 1.99. The minimum absolute atomic E-state index is 0.789. The molecule has 0 unspecified atom stereocenters. The van der Waals surface area contributed by atoms with Gasteiger partial charge in [-0.05, 0) is 22.9 Å². The van der Waals surface area contributed by atoms with Crippen LogP contribution in [0.1, 0.15) is 0 Å². The topological polar surface area (TPSA) is 30.7 Å². The van der Waals surface area contributed by atoms with Crippen LogP contribution in [-0.2, 0) is 7.05 Å². The van der Waals surface area contributed by atoms with Gasteiger partial charge in [-0.25, -0.2) is 9.97 Å². The fraction of sp³-hybridized carbons (Fsp3) is 0.0588. The molecule has 0 spiro atoms. The highest BCUT2D eigenvalue weighted by Crippen LogP contribution is 2.26. The summed E-state index contributed by atoms with van der Waals surface area (Å²) in [5, 5.41) is 2.45. The first kappa shape index (κ1) is 11.2. The van der Waals surface area contributed by atoms with Crippen LogP contribution in [0.3, 0.4) is 0 Å². The minimum atomic E-state index is 0.789. The Labute approximate surface area is 116 Å². The van der Waals surface area contributed by atoms with Crippen molar-refractivity contribution in [2.24, 2.45) is 7.05 Å². The number of imidazole rings is 1. The Morgan fingerprint density at radius 1 is 0.850 bits per heavy atom. The number of aromatic nitrogens is 3. The third-order valence-corrected chi connectivity index (χ3v) is 3.52. The van der Waals surface area contributed by atoms with Gasteiger partial charge in [0.25, 0.3) is 0 Å². The van der Waals surface area contributed by atoms with Gasteiger partial charge in [0, 0.05) is 25.0 Å². The lowest BCUT2D eigenvalue weighted by Gasteiger charge is -1.99. The van der Waals surface area contributed by atoms with Gasteiger partial charge in [0.15, 0.2) is 5.82 Å². The highest BCUT2D eigenvalue weighted by Gasteiger charge is 2.12. The van der Waals surface area contributed by atoms with E-state index in [4.69, 9.17) is 0 Å². The molecule has 0 saturated heterocycles. The summed E-state index contributed by atoms with van der Waals surface area (Å²) in [4.78, 5) is 9.23. The Morgan fingerprint density at radius 3 is 2.55 bits per heavy atom. The Hall–Kier alpha value is -2.68. The first-order valence-electron chi connectivity index (χ1n) is 6.58. The SMILES string of the molecule is Cn1ccc2nc(-c3ccc4ccccc4c3)nc-2c1. The quantitative estimate of drug-likeness (QED) is 0.521. The molecule has 0 N–H and O–H groups in total. The third kappa shape index (κ3) is 1.75. The Kier molecular flexibility index (Phi) is 2.33. The maximum absolute atomic E-state index is 4.62. The number of hydrogen-bond acceptors (Lipinski definition) is 2. The molecule has 0 atom stereocenters. The number of rotatable bonds is 1. The zero-order chi connectivity index (χ0) is 13.5. The number of hydrogen-bond donors (Lipinski definition) is 0. The van der Waals surface area contributed by atoms with Crippen LogP contribution in [0.25, 0.3) is 33.5 Å². The zero-order valence-corrected chi connectivity index (χ0v) is 11.1. The van der Waals surface area contributed by atoms with Crippen molar-refractivity contribution in [3.63, 3.8) is 0 Å². The van der Waals surface area contributed by atoms with Crippen LogP contribution in [0.4, 0.5) is 0 Å². The lowest BCUT2D eigenvalue weighted by Crippen LogP contribution is -1.90. The molecule has 2 aromatic carbocycles. The van der Waals surface area contributed by atoms with E-state index in [0.717, 1.165) is 22.8 Å². The predicted molar refractivity (Wildman–Crippen MR) is 80.6 cm³/mol. The molecule has 2 heterocycles. The van der Waals surface area contributed by atoms with E-state index in [-0.39, 0.29) is 0 Å². The number of aryl methyl sites for hydroxylation is 1. The van der Waals surface area contributed by atoms with Crippen molar-refractivity contribution in [2.45, 2.75) is 0 Å².